The molecule has 0 atom stereocenters. The van der Waals surface area contributed by atoms with Crippen molar-refractivity contribution in [2.75, 3.05) is 37.6 Å². The number of fused-ring (bicyclic) bond motifs is 1. The summed E-state index contributed by atoms with van der Waals surface area (Å²) in [5, 5.41) is 0. The van der Waals surface area contributed by atoms with Gasteiger partial charge in [0.2, 0.25) is 0 Å². The summed E-state index contributed by atoms with van der Waals surface area (Å²) in [6.07, 6.45) is 11.3. The third-order valence-corrected chi connectivity index (χ3v) is 5.91. The quantitative estimate of drug-likeness (QED) is 0.839. The van der Waals surface area contributed by atoms with Gasteiger partial charge in [-0.05, 0) is 56.0 Å². The Kier molecular flexibility index (Phi) is 5.49. The Morgan fingerprint density at radius 2 is 1.65 bits per heavy atom. The van der Waals surface area contributed by atoms with Crippen molar-refractivity contribution in [1.29, 1.82) is 0 Å². The first-order chi connectivity index (χ1) is 12.8. The number of likely N-dealkylation sites (N-methyl/N-ethyl adjacent to an activating group) is 1. The number of anilines is 1. The molecule has 3 heterocycles. The number of hydrogen-bond donors (Lipinski definition) is 0. The largest absolute Gasteiger partial charge is 0.369 e. The molecule has 0 radical (unpaired) electrons. The molecular formula is C22H30N4. The van der Waals surface area contributed by atoms with Gasteiger partial charge >= 0.3 is 0 Å². The van der Waals surface area contributed by atoms with Crippen molar-refractivity contribution in [2.24, 2.45) is 0 Å². The lowest BCUT2D eigenvalue weighted by Gasteiger charge is -2.37. The van der Waals surface area contributed by atoms with Crippen LogP contribution < -0.4 is 4.90 Å². The molecule has 0 bridgehead atoms. The third kappa shape index (κ3) is 3.75. The summed E-state index contributed by atoms with van der Waals surface area (Å²) in [5.41, 5.74) is 6.59. The Balaban J connectivity index is 1.73. The minimum atomic E-state index is 1.11. The number of pyridine rings is 2. The van der Waals surface area contributed by atoms with E-state index in [1.54, 1.807) is 0 Å². The predicted octanol–water partition coefficient (Wildman–Crippen LogP) is 3.94. The maximum absolute atomic E-state index is 5.11. The molecule has 4 heteroatoms. The van der Waals surface area contributed by atoms with Gasteiger partial charge in [0.25, 0.3) is 0 Å². The molecule has 0 saturated carbocycles. The Labute approximate surface area is 157 Å². The summed E-state index contributed by atoms with van der Waals surface area (Å²) in [4.78, 5) is 14.4. The molecule has 4 rings (SSSR count). The number of aromatic nitrogens is 2. The minimum absolute atomic E-state index is 1.11. The highest BCUT2D eigenvalue weighted by atomic mass is 15.3. The van der Waals surface area contributed by atoms with Crippen molar-refractivity contribution in [3.05, 3.63) is 41.9 Å². The van der Waals surface area contributed by atoms with Crippen LogP contribution >= 0.6 is 0 Å². The van der Waals surface area contributed by atoms with Crippen LogP contribution in [0.5, 0.6) is 0 Å². The molecule has 0 unspecified atom stereocenters. The van der Waals surface area contributed by atoms with Crippen LogP contribution in [-0.4, -0.2) is 47.6 Å². The highest BCUT2D eigenvalue weighted by Gasteiger charge is 2.22. The fourth-order valence-corrected chi connectivity index (χ4v) is 4.29. The summed E-state index contributed by atoms with van der Waals surface area (Å²) in [6.45, 7) is 8.00. The van der Waals surface area contributed by atoms with Gasteiger partial charge in [-0.1, -0.05) is 19.8 Å². The average molecular weight is 351 g/mol. The molecular weight excluding hydrogens is 320 g/mol. The zero-order valence-corrected chi connectivity index (χ0v) is 16.0. The lowest BCUT2D eigenvalue weighted by molar-refractivity contribution is 0.271. The first kappa shape index (κ1) is 17.5. The lowest BCUT2D eigenvalue weighted by atomic mass is 9.94. The van der Waals surface area contributed by atoms with Gasteiger partial charge in [0, 0.05) is 55.5 Å². The van der Waals surface area contributed by atoms with Crippen molar-refractivity contribution in [1.82, 2.24) is 14.9 Å². The van der Waals surface area contributed by atoms with E-state index in [1.165, 1.54) is 54.6 Å². The second kappa shape index (κ2) is 8.17. The van der Waals surface area contributed by atoms with Crippen LogP contribution in [0.2, 0.25) is 0 Å². The molecule has 0 amide bonds. The zero-order chi connectivity index (χ0) is 17.8. The standard InChI is InChI=1S/C22H30N4/c1-2-25-13-15-26(16-14-25)22-17-21(18-9-11-23-12-10-18)24-20-8-6-4-3-5-7-19(20)22/h9-12,17H,2-8,13-16H2,1H3. The lowest BCUT2D eigenvalue weighted by Crippen LogP contribution is -2.46. The first-order valence-corrected chi connectivity index (χ1v) is 10.3. The van der Waals surface area contributed by atoms with Gasteiger partial charge in [0.15, 0.2) is 0 Å². The highest BCUT2D eigenvalue weighted by Crippen LogP contribution is 2.33. The van der Waals surface area contributed by atoms with E-state index in [2.05, 4.69) is 39.9 Å². The molecule has 2 aromatic heterocycles. The summed E-state index contributed by atoms with van der Waals surface area (Å²) < 4.78 is 0. The summed E-state index contributed by atoms with van der Waals surface area (Å²) in [5.74, 6) is 0. The highest BCUT2D eigenvalue weighted by molar-refractivity contribution is 5.68. The minimum Gasteiger partial charge on any atom is -0.369 e. The number of aryl methyl sites for hydroxylation is 1. The van der Waals surface area contributed by atoms with Gasteiger partial charge in [-0.25, -0.2) is 0 Å². The second-order valence-corrected chi connectivity index (χ2v) is 7.52. The van der Waals surface area contributed by atoms with E-state index in [9.17, 15) is 0 Å². The summed E-state index contributed by atoms with van der Waals surface area (Å²) >= 11 is 0. The maximum atomic E-state index is 5.11. The Morgan fingerprint density at radius 3 is 2.38 bits per heavy atom. The first-order valence-electron chi connectivity index (χ1n) is 10.3. The van der Waals surface area contributed by atoms with Crippen LogP contribution in [0.3, 0.4) is 0 Å². The van der Waals surface area contributed by atoms with E-state index in [0.717, 1.165) is 44.8 Å². The van der Waals surface area contributed by atoms with Crippen LogP contribution in [0.4, 0.5) is 5.69 Å². The van der Waals surface area contributed by atoms with Crippen molar-refractivity contribution in [3.8, 4) is 11.3 Å². The summed E-state index contributed by atoms with van der Waals surface area (Å²) in [6, 6.07) is 6.50. The Morgan fingerprint density at radius 1 is 0.923 bits per heavy atom. The monoisotopic (exact) mass is 350 g/mol. The van der Waals surface area contributed by atoms with E-state index in [-0.39, 0.29) is 0 Å². The molecule has 1 fully saturated rings. The van der Waals surface area contributed by atoms with Crippen LogP contribution in [-0.2, 0) is 12.8 Å². The number of piperazine rings is 1. The fourth-order valence-electron chi connectivity index (χ4n) is 4.29. The van der Waals surface area contributed by atoms with Crippen LogP contribution in [0.15, 0.2) is 30.6 Å². The third-order valence-electron chi connectivity index (χ3n) is 5.91. The average Bonchev–Trinajstić information content (AvgIpc) is 2.69. The Hall–Kier alpha value is -1.94. The molecule has 2 aromatic rings. The van der Waals surface area contributed by atoms with Crippen LogP contribution in [0.1, 0.15) is 43.9 Å². The molecule has 2 aliphatic rings. The smallest absolute Gasteiger partial charge is 0.0727 e. The van der Waals surface area contributed by atoms with E-state index >= 15 is 0 Å². The number of nitrogens with zero attached hydrogens (tertiary/aromatic N) is 4. The molecule has 138 valence electrons. The van der Waals surface area contributed by atoms with E-state index in [4.69, 9.17) is 4.98 Å². The second-order valence-electron chi connectivity index (χ2n) is 7.52. The van der Waals surface area contributed by atoms with Crippen LogP contribution in [0, 0.1) is 0 Å². The van der Waals surface area contributed by atoms with E-state index < -0.39 is 0 Å². The molecule has 1 aliphatic carbocycles. The normalized spacial score (nSPS) is 18.9. The van der Waals surface area contributed by atoms with Crippen LogP contribution in [0.25, 0.3) is 11.3 Å². The molecule has 4 nitrogen and oxygen atoms in total. The predicted molar refractivity (Wildman–Crippen MR) is 108 cm³/mol. The molecule has 1 aliphatic heterocycles. The van der Waals surface area contributed by atoms with Gasteiger partial charge < -0.3 is 9.80 Å². The molecule has 0 N–H and O–H groups in total. The van der Waals surface area contributed by atoms with Gasteiger partial charge in [0.05, 0.1) is 5.69 Å². The van der Waals surface area contributed by atoms with Gasteiger partial charge in [-0.15, -0.1) is 0 Å². The molecule has 0 spiro atoms. The van der Waals surface area contributed by atoms with Crippen molar-refractivity contribution < 1.29 is 0 Å². The Bertz CT molecular complexity index is 720. The number of rotatable bonds is 3. The van der Waals surface area contributed by atoms with Crippen molar-refractivity contribution >= 4 is 5.69 Å². The molecule has 26 heavy (non-hydrogen) atoms. The van der Waals surface area contributed by atoms with E-state index in [1.807, 2.05) is 12.4 Å². The maximum Gasteiger partial charge on any atom is 0.0727 e. The van der Waals surface area contributed by atoms with Gasteiger partial charge in [-0.2, -0.15) is 0 Å². The topological polar surface area (TPSA) is 32.3 Å². The van der Waals surface area contributed by atoms with Crippen molar-refractivity contribution in [2.45, 2.75) is 45.4 Å². The SMILES string of the molecule is CCN1CCN(c2cc(-c3ccncc3)nc3c2CCCCCC3)CC1. The number of hydrogen-bond acceptors (Lipinski definition) is 4. The van der Waals surface area contributed by atoms with Gasteiger partial charge in [0.1, 0.15) is 0 Å². The van der Waals surface area contributed by atoms with E-state index in [0.29, 0.717) is 0 Å². The van der Waals surface area contributed by atoms with Gasteiger partial charge in [-0.3, -0.25) is 9.97 Å². The fraction of sp³-hybridized carbons (Fsp3) is 0.545. The molecule has 0 aromatic carbocycles. The summed E-state index contributed by atoms with van der Waals surface area (Å²) in [7, 11) is 0. The molecule has 1 saturated heterocycles. The van der Waals surface area contributed by atoms with Crippen molar-refractivity contribution in [3.63, 3.8) is 0 Å². The zero-order valence-electron chi connectivity index (χ0n) is 16.0.